The predicted octanol–water partition coefficient (Wildman–Crippen LogP) is 1.41. The van der Waals surface area contributed by atoms with Crippen LogP contribution in [0, 0.1) is 0 Å². The summed E-state index contributed by atoms with van der Waals surface area (Å²) < 4.78 is 0. The number of phenols is 1. The number of carbonyl (C=O) groups excluding carboxylic acids is 3. The van der Waals surface area contributed by atoms with Gasteiger partial charge in [-0.1, -0.05) is 18.2 Å². The van der Waals surface area contributed by atoms with E-state index in [-0.39, 0.29) is 30.0 Å². The second-order valence-electron chi connectivity index (χ2n) is 5.17. The van der Waals surface area contributed by atoms with E-state index in [9.17, 15) is 24.3 Å². The van der Waals surface area contributed by atoms with Gasteiger partial charge in [0.25, 0.3) is 11.1 Å². The molecule has 1 aliphatic rings. The quantitative estimate of drug-likeness (QED) is 0.493. The lowest BCUT2D eigenvalue weighted by molar-refractivity contribution is -0.137. The SMILES string of the molecule is O=C(O)CCCNC(=O)CN1C(=O)S/C(=C\c2ccccc2O)C1=O. The molecule has 0 aromatic heterocycles. The number of benzene rings is 1. The predicted molar refractivity (Wildman–Crippen MR) is 90.7 cm³/mol. The van der Waals surface area contributed by atoms with E-state index in [4.69, 9.17) is 5.11 Å². The lowest BCUT2D eigenvalue weighted by atomic mass is 10.2. The van der Waals surface area contributed by atoms with Crippen molar-refractivity contribution in [3.63, 3.8) is 0 Å². The number of hydrogen-bond acceptors (Lipinski definition) is 6. The number of carboxylic acid groups (broad SMARTS) is 1. The van der Waals surface area contributed by atoms with Crippen molar-refractivity contribution in [3.8, 4) is 5.75 Å². The molecule has 1 aromatic rings. The summed E-state index contributed by atoms with van der Waals surface area (Å²) in [6.45, 7) is -0.287. The molecular formula is C16H16N2O6S. The third-order valence-corrected chi connectivity index (χ3v) is 4.20. The standard InChI is InChI=1S/C16H16N2O6S/c19-11-5-2-1-4-10(11)8-12-15(23)18(16(24)25-12)9-13(20)17-7-3-6-14(21)22/h1-2,4-5,8,19H,3,6-7,9H2,(H,17,20)(H,21,22)/b12-8-. The maximum Gasteiger partial charge on any atom is 0.303 e. The number of nitrogens with zero attached hydrogens (tertiary/aromatic N) is 1. The number of nitrogens with one attached hydrogen (secondary N) is 1. The molecule has 132 valence electrons. The topological polar surface area (TPSA) is 124 Å². The molecular weight excluding hydrogens is 348 g/mol. The minimum Gasteiger partial charge on any atom is -0.507 e. The van der Waals surface area contributed by atoms with Crippen molar-refractivity contribution in [2.24, 2.45) is 0 Å². The first kappa shape index (κ1) is 18.5. The number of thioether (sulfide) groups is 1. The van der Waals surface area contributed by atoms with Crippen LogP contribution in [0.1, 0.15) is 18.4 Å². The zero-order chi connectivity index (χ0) is 18.4. The summed E-state index contributed by atoms with van der Waals surface area (Å²) in [4.78, 5) is 47.3. The summed E-state index contributed by atoms with van der Waals surface area (Å²) in [6, 6.07) is 6.37. The van der Waals surface area contributed by atoms with Crippen LogP contribution in [-0.4, -0.2) is 51.2 Å². The largest absolute Gasteiger partial charge is 0.507 e. The number of phenolic OH excluding ortho intramolecular Hbond substituents is 1. The van der Waals surface area contributed by atoms with Crippen molar-refractivity contribution >= 4 is 40.9 Å². The number of rotatable bonds is 7. The highest BCUT2D eigenvalue weighted by atomic mass is 32.2. The summed E-state index contributed by atoms with van der Waals surface area (Å²) in [5.74, 6) is -2.14. The molecule has 0 aliphatic carbocycles. The van der Waals surface area contributed by atoms with Crippen molar-refractivity contribution < 1.29 is 29.4 Å². The number of amides is 3. The highest BCUT2D eigenvalue weighted by molar-refractivity contribution is 8.18. The molecule has 3 N–H and O–H groups in total. The van der Waals surface area contributed by atoms with Gasteiger partial charge in [0.15, 0.2) is 0 Å². The molecule has 25 heavy (non-hydrogen) atoms. The summed E-state index contributed by atoms with van der Waals surface area (Å²) in [6.07, 6.45) is 1.58. The molecule has 1 heterocycles. The van der Waals surface area contributed by atoms with Crippen LogP contribution in [-0.2, 0) is 14.4 Å². The maximum atomic E-state index is 12.3. The second kappa shape index (κ2) is 8.34. The molecule has 0 atom stereocenters. The third-order valence-electron chi connectivity index (χ3n) is 3.29. The Morgan fingerprint density at radius 3 is 2.64 bits per heavy atom. The van der Waals surface area contributed by atoms with Crippen LogP contribution < -0.4 is 5.32 Å². The smallest absolute Gasteiger partial charge is 0.303 e. The first-order chi connectivity index (χ1) is 11.9. The fourth-order valence-electron chi connectivity index (χ4n) is 2.05. The van der Waals surface area contributed by atoms with Gasteiger partial charge in [0.2, 0.25) is 5.91 Å². The first-order valence-corrected chi connectivity index (χ1v) is 8.22. The second-order valence-corrected chi connectivity index (χ2v) is 6.17. The van der Waals surface area contributed by atoms with E-state index in [1.807, 2.05) is 0 Å². The van der Waals surface area contributed by atoms with Gasteiger partial charge in [-0.2, -0.15) is 0 Å². The number of para-hydroxylation sites is 1. The van der Waals surface area contributed by atoms with Gasteiger partial charge in [-0.25, -0.2) is 0 Å². The average Bonchev–Trinajstić information content (AvgIpc) is 2.81. The Morgan fingerprint density at radius 2 is 1.96 bits per heavy atom. The van der Waals surface area contributed by atoms with Gasteiger partial charge in [0.1, 0.15) is 12.3 Å². The van der Waals surface area contributed by atoms with E-state index in [1.165, 1.54) is 12.1 Å². The Labute approximate surface area is 147 Å². The number of carbonyl (C=O) groups is 4. The lowest BCUT2D eigenvalue weighted by Crippen LogP contribution is -2.39. The molecule has 0 spiro atoms. The Morgan fingerprint density at radius 1 is 1.24 bits per heavy atom. The number of aromatic hydroxyl groups is 1. The van der Waals surface area contributed by atoms with E-state index in [1.54, 1.807) is 18.2 Å². The van der Waals surface area contributed by atoms with E-state index in [0.717, 1.165) is 4.90 Å². The summed E-state index contributed by atoms with van der Waals surface area (Å²) in [5, 5.41) is 20.1. The zero-order valence-corrected chi connectivity index (χ0v) is 13.9. The van der Waals surface area contributed by atoms with Gasteiger partial charge >= 0.3 is 5.97 Å². The minimum absolute atomic E-state index is 0.0227. The fraction of sp³-hybridized carbons (Fsp3) is 0.250. The molecule has 8 nitrogen and oxygen atoms in total. The monoisotopic (exact) mass is 364 g/mol. The number of carboxylic acids is 1. The Hall–Kier alpha value is -2.81. The first-order valence-electron chi connectivity index (χ1n) is 7.40. The minimum atomic E-state index is -0.963. The van der Waals surface area contributed by atoms with Gasteiger partial charge in [0.05, 0.1) is 4.91 Å². The van der Waals surface area contributed by atoms with Crippen LogP contribution in [0.15, 0.2) is 29.2 Å². The summed E-state index contributed by atoms with van der Waals surface area (Å²) in [5.41, 5.74) is 0.395. The van der Waals surface area contributed by atoms with E-state index < -0.39 is 29.6 Å². The van der Waals surface area contributed by atoms with Crippen LogP contribution in [0.5, 0.6) is 5.75 Å². The van der Waals surface area contributed by atoms with Crippen LogP contribution in [0.2, 0.25) is 0 Å². The third kappa shape index (κ3) is 5.08. The Bertz CT molecular complexity index is 746. The molecule has 0 radical (unpaired) electrons. The lowest BCUT2D eigenvalue weighted by Gasteiger charge is -2.12. The van der Waals surface area contributed by atoms with Crippen molar-refractivity contribution in [3.05, 3.63) is 34.7 Å². The van der Waals surface area contributed by atoms with Crippen LogP contribution >= 0.6 is 11.8 Å². The molecule has 2 rings (SSSR count). The van der Waals surface area contributed by atoms with Crippen molar-refractivity contribution in [1.29, 1.82) is 0 Å². The van der Waals surface area contributed by atoms with E-state index in [0.29, 0.717) is 17.3 Å². The normalized spacial score (nSPS) is 15.7. The van der Waals surface area contributed by atoms with Crippen LogP contribution in [0.4, 0.5) is 4.79 Å². The zero-order valence-electron chi connectivity index (χ0n) is 13.1. The van der Waals surface area contributed by atoms with Crippen molar-refractivity contribution in [2.75, 3.05) is 13.1 Å². The molecule has 1 saturated heterocycles. The molecule has 0 bridgehead atoms. The number of hydrogen-bond donors (Lipinski definition) is 3. The molecule has 3 amide bonds. The molecule has 1 aromatic carbocycles. The van der Waals surface area contributed by atoms with Gasteiger partial charge in [-0.15, -0.1) is 0 Å². The van der Waals surface area contributed by atoms with Crippen LogP contribution in [0.25, 0.3) is 6.08 Å². The molecule has 9 heteroatoms. The number of aliphatic carboxylic acids is 1. The maximum absolute atomic E-state index is 12.3. The Balaban J connectivity index is 1.96. The Kier molecular flexibility index (Phi) is 6.18. The molecule has 0 unspecified atom stereocenters. The highest BCUT2D eigenvalue weighted by Crippen LogP contribution is 2.33. The van der Waals surface area contributed by atoms with Gasteiger partial charge < -0.3 is 15.5 Å². The van der Waals surface area contributed by atoms with Crippen molar-refractivity contribution in [1.82, 2.24) is 10.2 Å². The van der Waals surface area contributed by atoms with E-state index >= 15 is 0 Å². The van der Waals surface area contributed by atoms with Gasteiger partial charge in [0, 0.05) is 18.5 Å². The van der Waals surface area contributed by atoms with Crippen LogP contribution in [0.3, 0.4) is 0 Å². The fourth-order valence-corrected chi connectivity index (χ4v) is 2.88. The summed E-state index contributed by atoms with van der Waals surface area (Å²) >= 11 is 0.689. The molecule has 0 saturated carbocycles. The van der Waals surface area contributed by atoms with Gasteiger partial charge in [-0.05, 0) is 30.3 Å². The average molecular weight is 364 g/mol. The highest BCUT2D eigenvalue weighted by Gasteiger charge is 2.36. The molecule has 1 fully saturated rings. The number of imide groups is 1. The van der Waals surface area contributed by atoms with Gasteiger partial charge in [-0.3, -0.25) is 24.1 Å². The van der Waals surface area contributed by atoms with Crippen molar-refractivity contribution in [2.45, 2.75) is 12.8 Å². The summed E-state index contributed by atoms with van der Waals surface area (Å²) in [7, 11) is 0. The van der Waals surface area contributed by atoms with E-state index in [2.05, 4.69) is 5.32 Å². The molecule has 1 aliphatic heterocycles.